The fraction of sp³-hybridized carbons (Fsp3) is 0.100. The minimum absolute atomic E-state index is 1.02. The molecule has 0 saturated carbocycles. The number of hydrogen-bond acceptors (Lipinski definition) is 1. The molecule has 1 heteroatoms. The summed E-state index contributed by atoms with van der Waals surface area (Å²) in [5, 5.41) is 3.56. The molecule has 0 bridgehead atoms. The van der Waals surface area contributed by atoms with Gasteiger partial charge in [0.15, 0.2) is 0 Å². The molecule has 0 unspecified atom stereocenters. The van der Waals surface area contributed by atoms with E-state index in [0.717, 1.165) is 18.5 Å². The van der Waals surface area contributed by atoms with Gasteiger partial charge in [-0.2, -0.15) is 0 Å². The van der Waals surface area contributed by atoms with Gasteiger partial charge in [-0.05, 0) is 46.9 Å². The molecule has 0 saturated heterocycles. The minimum Gasteiger partial charge on any atom is -0.355 e. The Morgan fingerprint density at radius 2 is 1.24 bits per heavy atom. The average Bonchev–Trinajstić information content (AvgIpc) is 2.54. The topological polar surface area (TPSA) is 12.0 Å². The monoisotopic (exact) mass is 271 g/mol. The number of hydrogen-bond donors (Lipinski definition) is 1. The van der Waals surface area contributed by atoms with Crippen molar-refractivity contribution in [2.24, 2.45) is 0 Å². The summed E-state index contributed by atoms with van der Waals surface area (Å²) >= 11 is 0. The van der Waals surface area contributed by atoms with Gasteiger partial charge in [0, 0.05) is 17.8 Å². The van der Waals surface area contributed by atoms with E-state index in [1.54, 1.807) is 0 Å². The number of fused-ring (bicyclic) bond motifs is 2. The van der Waals surface area contributed by atoms with Crippen LogP contribution < -0.4 is 5.32 Å². The summed E-state index contributed by atoms with van der Waals surface area (Å²) in [4.78, 5) is 0. The summed E-state index contributed by atoms with van der Waals surface area (Å²) in [6.07, 6.45) is 2.05. The molecule has 0 radical (unpaired) electrons. The van der Waals surface area contributed by atoms with Gasteiger partial charge < -0.3 is 5.32 Å². The highest BCUT2D eigenvalue weighted by Gasteiger charge is 2.17. The molecule has 0 fully saturated rings. The maximum Gasteiger partial charge on any atom is 0.0423 e. The van der Waals surface area contributed by atoms with Crippen LogP contribution in [0.1, 0.15) is 22.3 Å². The third kappa shape index (κ3) is 2.31. The van der Waals surface area contributed by atoms with Gasteiger partial charge in [-0.15, -0.1) is 0 Å². The first-order valence-corrected chi connectivity index (χ1v) is 7.40. The maximum atomic E-state index is 3.56. The normalized spacial score (nSPS) is 12.4. The van der Waals surface area contributed by atoms with Gasteiger partial charge in [-0.1, -0.05) is 54.6 Å². The van der Waals surface area contributed by atoms with E-state index in [0.29, 0.717) is 0 Å². The van der Waals surface area contributed by atoms with Crippen molar-refractivity contribution in [2.45, 2.75) is 12.8 Å². The van der Waals surface area contributed by atoms with Crippen molar-refractivity contribution in [3.63, 3.8) is 0 Å². The Kier molecular flexibility index (Phi) is 2.97. The summed E-state index contributed by atoms with van der Waals surface area (Å²) in [6, 6.07) is 25.7. The van der Waals surface area contributed by atoms with Crippen molar-refractivity contribution in [1.29, 1.82) is 0 Å². The summed E-state index contributed by atoms with van der Waals surface area (Å²) in [5.41, 5.74) is 8.15. The van der Waals surface area contributed by atoms with Crippen LogP contribution in [0, 0.1) is 0 Å². The van der Waals surface area contributed by atoms with Gasteiger partial charge in [-0.25, -0.2) is 0 Å². The maximum absolute atomic E-state index is 3.56. The summed E-state index contributed by atoms with van der Waals surface area (Å²) < 4.78 is 0. The van der Waals surface area contributed by atoms with Crippen LogP contribution in [0.15, 0.2) is 72.8 Å². The highest BCUT2D eigenvalue weighted by Crippen LogP contribution is 2.33. The van der Waals surface area contributed by atoms with Crippen LogP contribution in [0.4, 0.5) is 11.4 Å². The predicted octanol–water partition coefficient (Wildman–Crippen LogP) is 4.93. The van der Waals surface area contributed by atoms with Crippen LogP contribution in [0.25, 0.3) is 0 Å². The van der Waals surface area contributed by atoms with Crippen LogP contribution in [-0.2, 0) is 12.8 Å². The third-order valence-corrected chi connectivity index (χ3v) is 4.19. The molecule has 1 aliphatic carbocycles. The quantitative estimate of drug-likeness (QED) is 0.545. The average molecular weight is 271 g/mol. The Labute approximate surface area is 125 Å². The fourth-order valence-corrected chi connectivity index (χ4v) is 3.10. The fourth-order valence-electron chi connectivity index (χ4n) is 3.10. The van der Waals surface area contributed by atoms with E-state index in [9.17, 15) is 0 Å². The Bertz CT molecular complexity index is 775. The number of benzene rings is 3. The highest BCUT2D eigenvalue weighted by atomic mass is 14.9. The molecule has 0 spiro atoms. The van der Waals surface area contributed by atoms with E-state index >= 15 is 0 Å². The second kappa shape index (κ2) is 5.10. The molecule has 0 atom stereocenters. The molecule has 0 heterocycles. The Hall–Kier alpha value is -2.54. The molecule has 0 aromatic heterocycles. The molecule has 3 aromatic carbocycles. The highest BCUT2D eigenvalue weighted by molar-refractivity contribution is 5.67. The van der Waals surface area contributed by atoms with E-state index in [2.05, 4.69) is 72.0 Å². The lowest BCUT2D eigenvalue weighted by Gasteiger charge is -2.23. The second-order valence-corrected chi connectivity index (χ2v) is 5.56. The van der Waals surface area contributed by atoms with Gasteiger partial charge in [0.1, 0.15) is 0 Å². The third-order valence-electron chi connectivity index (χ3n) is 4.19. The first-order chi connectivity index (χ1) is 10.4. The first kappa shape index (κ1) is 12.2. The van der Waals surface area contributed by atoms with Crippen LogP contribution in [0.2, 0.25) is 0 Å². The van der Waals surface area contributed by atoms with Crippen molar-refractivity contribution in [3.05, 3.63) is 95.1 Å². The molecular formula is C20H17N. The molecule has 3 aromatic rings. The molecule has 4 rings (SSSR count). The second-order valence-electron chi connectivity index (χ2n) is 5.56. The van der Waals surface area contributed by atoms with Gasteiger partial charge in [-0.3, -0.25) is 0 Å². The van der Waals surface area contributed by atoms with Crippen LogP contribution in [-0.4, -0.2) is 0 Å². The number of para-hydroxylation sites is 1. The molecule has 0 aliphatic heterocycles. The van der Waals surface area contributed by atoms with Crippen LogP contribution in [0.5, 0.6) is 0 Å². The Morgan fingerprint density at radius 1 is 0.571 bits per heavy atom. The summed E-state index contributed by atoms with van der Waals surface area (Å²) in [7, 11) is 0. The van der Waals surface area contributed by atoms with Gasteiger partial charge in [0.2, 0.25) is 0 Å². The van der Waals surface area contributed by atoms with Crippen molar-refractivity contribution >= 4 is 11.4 Å². The summed E-state index contributed by atoms with van der Waals surface area (Å²) in [5.74, 6) is 0. The van der Waals surface area contributed by atoms with E-state index in [4.69, 9.17) is 0 Å². The number of nitrogens with one attached hydrogen (secondary N) is 1. The van der Waals surface area contributed by atoms with Crippen molar-refractivity contribution in [1.82, 2.24) is 0 Å². The molecule has 102 valence electrons. The van der Waals surface area contributed by atoms with Crippen molar-refractivity contribution < 1.29 is 0 Å². The van der Waals surface area contributed by atoms with E-state index in [1.807, 2.05) is 6.07 Å². The number of anilines is 2. The standard InChI is InChI=1S/C20H17N/c1-2-10-18(11-3-1)21-20-12-6-9-17-13-15-7-4-5-8-16(15)14-19(17)20/h1-12,21H,13-14H2. The van der Waals surface area contributed by atoms with Crippen molar-refractivity contribution in [3.8, 4) is 0 Å². The van der Waals surface area contributed by atoms with Gasteiger partial charge in [0.05, 0.1) is 0 Å². The molecule has 21 heavy (non-hydrogen) atoms. The van der Waals surface area contributed by atoms with Crippen LogP contribution >= 0.6 is 0 Å². The smallest absolute Gasteiger partial charge is 0.0423 e. The van der Waals surface area contributed by atoms with Gasteiger partial charge in [0.25, 0.3) is 0 Å². The van der Waals surface area contributed by atoms with E-state index in [-0.39, 0.29) is 0 Å². The minimum atomic E-state index is 1.02. The summed E-state index contributed by atoms with van der Waals surface area (Å²) in [6.45, 7) is 0. The molecule has 1 nitrogen and oxygen atoms in total. The van der Waals surface area contributed by atoms with Gasteiger partial charge >= 0.3 is 0 Å². The zero-order chi connectivity index (χ0) is 14.1. The molecular weight excluding hydrogens is 254 g/mol. The molecule has 1 N–H and O–H groups in total. The Morgan fingerprint density at radius 3 is 2.05 bits per heavy atom. The SMILES string of the molecule is c1ccc(Nc2cccc3c2Cc2ccccc2C3)cc1. The zero-order valence-corrected chi connectivity index (χ0v) is 11.8. The van der Waals surface area contributed by atoms with E-state index in [1.165, 1.54) is 27.9 Å². The lowest BCUT2D eigenvalue weighted by atomic mass is 9.85. The van der Waals surface area contributed by atoms with Crippen molar-refractivity contribution in [2.75, 3.05) is 5.32 Å². The lowest BCUT2D eigenvalue weighted by molar-refractivity contribution is 1.00. The van der Waals surface area contributed by atoms with Crippen LogP contribution in [0.3, 0.4) is 0 Å². The zero-order valence-electron chi connectivity index (χ0n) is 11.8. The number of rotatable bonds is 2. The first-order valence-electron chi connectivity index (χ1n) is 7.40. The van der Waals surface area contributed by atoms with E-state index < -0.39 is 0 Å². The Balaban J connectivity index is 1.73. The lowest BCUT2D eigenvalue weighted by Crippen LogP contribution is -2.09. The molecule has 1 aliphatic rings. The largest absolute Gasteiger partial charge is 0.355 e. The predicted molar refractivity (Wildman–Crippen MR) is 88.2 cm³/mol. The molecule has 0 amide bonds.